The lowest BCUT2D eigenvalue weighted by Crippen LogP contribution is -2.50. The molecule has 0 aromatic heterocycles. The van der Waals surface area contributed by atoms with E-state index in [4.69, 9.17) is 0 Å². The Morgan fingerprint density at radius 2 is 1.77 bits per heavy atom. The Morgan fingerprint density at radius 3 is 2.47 bits per heavy atom. The maximum absolute atomic E-state index is 10.3. The summed E-state index contributed by atoms with van der Waals surface area (Å²) in [7, 11) is 0. The zero-order chi connectivity index (χ0) is 21.5. The summed E-state index contributed by atoms with van der Waals surface area (Å²) in [5.41, 5.74) is 3.19. The van der Waals surface area contributed by atoms with E-state index in [0.717, 1.165) is 54.3 Å². The van der Waals surface area contributed by atoms with Gasteiger partial charge in [-0.3, -0.25) is 0 Å². The largest absolute Gasteiger partial charge is 0.393 e. The summed E-state index contributed by atoms with van der Waals surface area (Å²) in [6.07, 6.45) is 15.8. The second kappa shape index (κ2) is 7.10. The molecule has 5 rings (SSSR count). The zero-order valence-corrected chi connectivity index (χ0v) is 20.7. The van der Waals surface area contributed by atoms with Crippen LogP contribution in [0.15, 0.2) is 11.6 Å². The van der Waals surface area contributed by atoms with Crippen molar-refractivity contribution in [2.75, 3.05) is 0 Å². The van der Waals surface area contributed by atoms with Gasteiger partial charge in [0.2, 0.25) is 0 Å². The first-order chi connectivity index (χ1) is 14.1. The van der Waals surface area contributed by atoms with Crippen molar-refractivity contribution in [3.8, 4) is 0 Å². The smallest absolute Gasteiger partial charge is 0.0577 e. The molecule has 5 aliphatic carbocycles. The molecule has 4 saturated carbocycles. The molecule has 0 aromatic rings. The highest BCUT2D eigenvalue weighted by molar-refractivity contribution is 5.25. The minimum atomic E-state index is -0.0786. The Hall–Kier alpha value is -0.300. The number of aliphatic hydroxyl groups excluding tert-OH is 1. The molecule has 10 atom stereocenters. The van der Waals surface area contributed by atoms with Gasteiger partial charge in [0.25, 0.3) is 0 Å². The fourth-order valence-electron chi connectivity index (χ4n) is 10.3. The van der Waals surface area contributed by atoms with E-state index < -0.39 is 0 Å². The van der Waals surface area contributed by atoms with Gasteiger partial charge < -0.3 is 5.11 Å². The van der Waals surface area contributed by atoms with Crippen LogP contribution >= 0.6 is 0 Å². The van der Waals surface area contributed by atoms with Gasteiger partial charge in [0.05, 0.1) is 6.10 Å². The van der Waals surface area contributed by atoms with Crippen LogP contribution in [-0.2, 0) is 0 Å². The predicted octanol–water partition coefficient (Wildman–Crippen LogP) is 7.63. The van der Waals surface area contributed by atoms with Gasteiger partial charge in [0.1, 0.15) is 0 Å². The molecule has 4 fully saturated rings. The van der Waals surface area contributed by atoms with Gasteiger partial charge in [-0.15, -0.1) is 0 Å². The minimum absolute atomic E-state index is 0.0786. The average molecular weight is 413 g/mol. The van der Waals surface area contributed by atoms with Crippen molar-refractivity contribution in [2.45, 2.75) is 112 Å². The molecule has 5 aliphatic rings. The molecule has 0 bridgehead atoms. The summed E-state index contributed by atoms with van der Waals surface area (Å²) in [6, 6.07) is 0. The summed E-state index contributed by atoms with van der Waals surface area (Å²) in [4.78, 5) is 0. The van der Waals surface area contributed by atoms with Crippen molar-refractivity contribution in [3.05, 3.63) is 11.6 Å². The van der Waals surface area contributed by atoms with Crippen molar-refractivity contribution in [3.63, 3.8) is 0 Å². The van der Waals surface area contributed by atoms with Crippen LogP contribution in [0.2, 0.25) is 0 Å². The first kappa shape index (κ1) is 21.5. The third kappa shape index (κ3) is 2.96. The SMILES string of the molecule is CCC1C(C[C@@H](C)C2CCC3C4CC=C5CC(O)CCC5(C)C4CCC32C)C1(C)C. The molecule has 0 aliphatic heterocycles. The zero-order valence-electron chi connectivity index (χ0n) is 20.7. The van der Waals surface area contributed by atoms with Gasteiger partial charge in [-0.1, -0.05) is 59.6 Å². The van der Waals surface area contributed by atoms with Gasteiger partial charge in [-0.05, 0) is 115 Å². The predicted molar refractivity (Wildman–Crippen MR) is 126 cm³/mol. The van der Waals surface area contributed by atoms with Gasteiger partial charge in [-0.25, -0.2) is 0 Å². The Kier molecular flexibility index (Phi) is 5.10. The highest BCUT2D eigenvalue weighted by atomic mass is 16.3. The van der Waals surface area contributed by atoms with E-state index in [1.54, 1.807) is 5.57 Å². The summed E-state index contributed by atoms with van der Waals surface area (Å²) in [5.74, 6) is 6.53. The topological polar surface area (TPSA) is 20.2 Å². The highest BCUT2D eigenvalue weighted by Gasteiger charge is 2.61. The molecule has 0 aromatic carbocycles. The fraction of sp³-hybridized carbons (Fsp3) is 0.931. The van der Waals surface area contributed by atoms with Gasteiger partial charge in [0.15, 0.2) is 0 Å². The lowest BCUT2D eigenvalue weighted by Gasteiger charge is -2.58. The maximum atomic E-state index is 10.3. The van der Waals surface area contributed by atoms with Crippen molar-refractivity contribution in [2.24, 2.45) is 57.7 Å². The first-order valence-electron chi connectivity index (χ1n) is 13.5. The third-order valence-corrected chi connectivity index (χ3v) is 12.2. The Morgan fingerprint density at radius 1 is 1.00 bits per heavy atom. The molecule has 170 valence electrons. The van der Waals surface area contributed by atoms with Crippen LogP contribution in [0.25, 0.3) is 0 Å². The van der Waals surface area contributed by atoms with Gasteiger partial charge in [-0.2, -0.15) is 0 Å². The van der Waals surface area contributed by atoms with Crippen LogP contribution in [0.4, 0.5) is 0 Å². The molecule has 1 heteroatoms. The highest BCUT2D eigenvalue weighted by Crippen LogP contribution is 2.69. The Balaban J connectivity index is 1.33. The van der Waals surface area contributed by atoms with Crippen molar-refractivity contribution in [1.82, 2.24) is 0 Å². The molecule has 30 heavy (non-hydrogen) atoms. The van der Waals surface area contributed by atoms with Crippen molar-refractivity contribution >= 4 is 0 Å². The fourth-order valence-corrected chi connectivity index (χ4v) is 10.3. The van der Waals surface area contributed by atoms with Crippen molar-refractivity contribution in [1.29, 1.82) is 0 Å². The normalized spacial score (nSPS) is 52.6. The molecule has 0 heterocycles. The number of hydrogen-bond acceptors (Lipinski definition) is 1. The number of hydrogen-bond donors (Lipinski definition) is 1. The molecule has 0 radical (unpaired) electrons. The van der Waals surface area contributed by atoms with E-state index in [0.29, 0.717) is 16.2 Å². The van der Waals surface area contributed by atoms with Gasteiger partial charge >= 0.3 is 0 Å². The number of fused-ring (bicyclic) bond motifs is 5. The van der Waals surface area contributed by atoms with E-state index in [1.165, 1.54) is 51.4 Å². The minimum Gasteiger partial charge on any atom is -0.393 e. The molecule has 0 amide bonds. The van der Waals surface area contributed by atoms with E-state index in [2.05, 4.69) is 47.6 Å². The monoisotopic (exact) mass is 412 g/mol. The van der Waals surface area contributed by atoms with Crippen LogP contribution in [0.1, 0.15) is 106 Å². The molecule has 1 nitrogen and oxygen atoms in total. The number of aliphatic hydroxyl groups is 1. The maximum Gasteiger partial charge on any atom is 0.0577 e. The summed E-state index contributed by atoms with van der Waals surface area (Å²) < 4.78 is 0. The van der Waals surface area contributed by atoms with Crippen LogP contribution in [-0.4, -0.2) is 11.2 Å². The molecule has 1 N–H and O–H groups in total. The summed E-state index contributed by atoms with van der Waals surface area (Å²) in [6.45, 7) is 15.4. The van der Waals surface area contributed by atoms with Gasteiger partial charge in [0, 0.05) is 0 Å². The molecule has 9 unspecified atom stereocenters. The number of rotatable bonds is 4. The molecular weight excluding hydrogens is 364 g/mol. The standard InChI is InChI=1S/C29H48O/c1-7-22-26(27(22,3)4)16-18(2)23-10-11-24-21-9-8-19-17-20(30)12-14-28(19,5)25(21)13-15-29(23,24)6/h8,18,20-26,30H,7,9-17H2,1-6H3/t18-,20?,21?,22?,23?,24?,25?,26?,28?,29?/m1/s1. The first-order valence-corrected chi connectivity index (χ1v) is 13.5. The van der Waals surface area contributed by atoms with E-state index >= 15 is 0 Å². The Labute approximate surface area is 186 Å². The second-order valence-corrected chi connectivity index (χ2v) is 13.5. The Bertz CT molecular complexity index is 705. The molecule has 0 saturated heterocycles. The van der Waals surface area contributed by atoms with E-state index in [9.17, 15) is 5.11 Å². The quantitative estimate of drug-likeness (QED) is 0.470. The number of allylic oxidation sites excluding steroid dienone is 1. The summed E-state index contributed by atoms with van der Waals surface area (Å²) >= 11 is 0. The van der Waals surface area contributed by atoms with Crippen LogP contribution in [0.3, 0.4) is 0 Å². The average Bonchev–Trinajstić information content (AvgIpc) is 3.03. The summed E-state index contributed by atoms with van der Waals surface area (Å²) in [5, 5.41) is 10.3. The van der Waals surface area contributed by atoms with Crippen LogP contribution in [0.5, 0.6) is 0 Å². The lowest BCUT2D eigenvalue weighted by atomic mass is 9.47. The van der Waals surface area contributed by atoms with Crippen LogP contribution in [0, 0.1) is 57.7 Å². The van der Waals surface area contributed by atoms with E-state index in [1.807, 2.05) is 0 Å². The third-order valence-electron chi connectivity index (χ3n) is 12.2. The molecule has 0 spiro atoms. The van der Waals surface area contributed by atoms with E-state index in [-0.39, 0.29) is 6.10 Å². The lowest BCUT2D eigenvalue weighted by molar-refractivity contribution is -0.0576. The molecular formula is C29H48O. The second-order valence-electron chi connectivity index (χ2n) is 13.5. The van der Waals surface area contributed by atoms with Crippen LogP contribution < -0.4 is 0 Å². The van der Waals surface area contributed by atoms with Crippen molar-refractivity contribution < 1.29 is 5.11 Å².